The molecule has 3 rings (SSSR count). The molecule has 0 saturated heterocycles. The maximum absolute atomic E-state index is 12.1. The Kier molecular flexibility index (Phi) is 6.03. The molecule has 0 spiro atoms. The summed E-state index contributed by atoms with van der Waals surface area (Å²) in [4.78, 5) is 24.2. The molecule has 27 heavy (non-hydrogen) atoms. The van der Waals surface area contributed by atoms with E-state index in [0.717, 1.165) is 21.3 Å². The number of benzene rings is 2. The van der Waals surface area contributed by atoms with Crippen molar-refractivity contribution in [3.8, 4) is 11.3 Å². The highest BCUT2D eigenvalue weighted by Crippen LogP contribution is 2.21. The lowest BCUT2D eigenvalue weighted by molar-refractivity contribution is -0.116. The van der Waals surface area contributed by atoms with Crippen LogP contribution in [-0.4, -0.2) is 23.5 Å². The van der Waals surface area contributed by atoms with Crippen LogP contribution in [0.25, 0.3) is 11.3 Å². The summed E-state index contributed by atoms with van der Waals surface area (Å²) in [6.45, 7) is 2.11. The van der Waals surface area contributed by atoms with Crippen molar-refractivity contribution < 1.29 is 14.1 Å². The van der Waals surface area contributed by atoms with Crippen LogP contribution in [0.2, 0.25) is 0 Å². The van der Waals surface area contributed by atoms with Crippen molar-refractivity contribution in [2.75, 3.05) is 11.9 Å². The smallest absolute Gasteiger partial charge is 0.289 e. The standard InChI is InChI=1S/C20H18BrN3O3/c1-13-7-8-15(21)11-16(13)23-19(25)9-10-22-20(26)18-12-17(24-27-18)14-5-3-2-4-6-14/h2-8,11-12H,9-10H2,1H3,(H,22,26)(H,23,25). The lowest BCUT2D eigenvalue weighted by Crippen LogP contribution is -2.27. The molecule has 0 aliphatic rings. The minimum atomic E-state index is -0.406. The van der Waals surface area contributed by atoms with Crippen LogP contribution < -0.4 is 10.6 Å². The molecule has 0 aliphatic heterocycles. The number of anilines is 1. The third-order valence-corrected chi connectivity index (χ3v) is 4.41. The average molecular weight is 428 g/mol. The average Bonchev–Trinajstić information content (AvgIpc) is 3.16. The third-order valence-electron chi connectivity index (χ3n) is 3.91. The fraction of sp³-hybridized carbons (Fsp3) is 0.150. The minimum absolute atomic E-state index is 0.108. The Morgan fingerprint density at radius 1 is 1.11 bits per heavy atom. The molecule has 2 N–H and O–H groups in total. The van der Waals surface area contributed by atoms with Gasteiger partial charge in [0.15, 0.2) is 0 Å². The summed E-state index contributed by atoms with van der Waals surface area (Å²) in [7, 11) is 0. The van der Waals surface area contributed by atoms with E-state index in [1.165, 1.54) is 0 Å². The number of nitrogens with zero attached hydrogens (tertiary/aromatic N) is 1. The van der Waals surface area contributed by atoms with Gasteiger partial charge in [-0.05, 0) is 24.6 Å². The van der Waals surface area contributed by atoms with E-state index in [1.807, 2.05) is 55.5 Å². The van der Waals surface area contributed by atoms with Gasteiger partial charge in [-0.15, -0.1) is 0 Å². The Hall–Kier alpha value is -2.93. The molecule has 1 aromatic heterocycles. The summed E-state index contributed by atoms with van der Waals surface area (Å²) in [5, 5.41) is 9.40. The Labute approximate surface area is 165 Å². The molecule has 0 atom stereocenters. The molecule has 0 radical (unpaired) electrons. The number of amides is 2. The molecule has 6 nitrogen and oxygen atoms in total. The highest BCUT2D eigenvalue weighted by Gasteiger charge is 2.14. The van der Waals surface area contributed by atoms with Crippen molar-refractivity contribution in [2.45, 2.75) is 13.3 Å². The van der Waals surface area contributed by atoms with Gasteiger partial charge in [-0.2, -0.15) is 0 Å². The van der Waals surface area contributed by atoms with Crippen molar-refractivity contribution in [3.63, 3.8) is 0 Å². The van der Waals surface area contributed by atoms with Gasteiger partial charge in [-0.25, -0.2) is 0 Å². The highest BCUT2D eigenvalue weighted by molar-refractivity contribution is 9.10. The summed E-state index contributed by atoms with van der Waals surface area (Å²) in [5.41, 5.74) is 3.15. The molecule has 0 bridgehead atoms. The SMILES string of the molecule is Cc1ccc(Br)cc1NC(=O)CCNC(=O)c1cc(-c2ccccc2)no1. The number of halogens is 1. The van der Waals surface area contributed by atoms with Crippen molar-refractivity contribution in [1.82, 2.24) is 10.5 Å². The first-order valence-electron chi connectivity index (χ1n) is 8.39. The van der Waals surface area contributed by atoms with Gasteiger partial charge in [0.05, 0.1) is 0 Å². The highest BCUT2D eigenvalue weighted by atomic mass is 79.9. The van der Waals surface area contributed by atoms with Gasteiger partial charge in [-0.1, -0.05) is 57.5 Å². The quantitative estimate of drug-likeness (QED) is 0.617. The van der Waals surface area contributed by atoms with Gasteiger partial charge in [-0.3, -0.25) is 9.59 Å². The van der Waals surface area contributed by atoms with Crippen LogP contribution >= 0.6 is 15.9 Å². The first kappa shape index (κ1) is 18.8. The van der Waals surface area contributed by atoms with E-state index in [0.29, 0.717) is 5.69 Å². The number of rotatable bonds is 6. The van der Waals surface area contributed by atoms with Crippen molar-refractivity contribution >= 4 is 33.4 Å². The zero-order valence-electron chi connectivity index (χ0n) is 14.7. The van der Waals surface area contributed by atoms with Crippen LogP contribution in [0.15, 0.2) is 63.6 Å². The maximum atomic E-state index is 12.1. The molecule has 2 amide bonds. The molecule has 1 heterocycles. The number of aryl methyl sites for hydroxylation is 1. The second kappa shape index (κ2) is 8.64. The van der Waals surface area contributed by atoms with Crippen LogP contribution in [0.3, 0.4) is 0 Å². The molecule has 0 fully saturated rings. The van der Waals surface area contributed by atoms with Crippen LogP contribution in [0.4, 0.5) is 5.69 Å². The number of hydrogen-bond donors (Lipinski definition) is 2. The Morgan fingerprint density at radius 2 is 1.89 bits per heavy atom. The molecule has 0 unspecified atom stereocenters. The van der Waals surface area contributed by atoms with Crippen LogP contribution in [0, 0.1) is 6.92 Å². The summed E-state index contributed by atoms with van der Waals surface area (Å²) < 4.78 is 5.98. The van der Waals surface area contributed by atoms with Gasteiger partial charge >= 0.3 is 0 Å². The number of aromatic nitrogens is 1. The topological polar surface area (TPSA) is 84.2 Å². The monoisotopic (exact) mass is 427 g/mol. The predicted molar refractivity (Wildman–Crippen MR) is 106 cm³/mol. The Morgan fingerprint density at radius 3 is 2.67 bits per heavy atom. The van der Waals surface area contributed by atoms with E-state index in [1.54, 1.807) is 6.07 Å². The van der Waals surface area contributed by atoms with Crippen molar-refractivity contribution in [1.29, 1.82) is 0 Å². The number of nitrogens with one attached hydrogen (secondary N) is 2. The third kappa shape index (κ3) is 5.04. The fourth-order valence-electron chi connectivity index (χ4n) is 2.45. The Balaban J connectivity index is 1.50. The van der Waals surface area contributed by atoms with E-state index in [2.05, 4.69) is 31.7 Å². The van der Waals surface area contributed by atoms with Gasteiger partial charge in [0, 0.05) is 34.8 Å². The second-order valence-electron chi connectivity index (χ2n) is 5.96. The van der Waals surface area contributed by atoms with Gasteiger partial charge in [0.1, 0.15) is 5.69 Å². The normalized spacial score (nSPS) is 10.4. The molecule has 3 aromatic rings. The van der Waals surface area contributed by atoms with Crippen LogP contribution in [0.5, 0.6) is 0 Å². The lowest BCUT2D eigenvalue weighted by Gasteiger charge is -2.09. The van der Waals surface area contributed by atoms with Crippen molar-refractivity contribution in [2.24, 2.45) is 0 Å². The molecule has 0 aliphatic carbocycles. The number of carbonyl (C=O) groups is 2. The molecule has 0 saturated carbocycles. The number of carbonyl (C=O) groups excluding carboxylic acids is 2. The molecule has 138 valence electrons. The summed E-state index contributed by atoms with van der Waals surface area (Å²) in [6.07, 6.45) is 0.150. The first-order chi connectivity index (χ1) is 13.0. The zero-order valence-corrected chi connectivity index (χ0v) is 16.2. The van der Waals surface area contributed by atoms with E-state index in [9.17, 15) is 9.59 Å². The Bertz CT molecular complexity index is 954. The van der Waals surface area contributed by atoms with Gasteiger partial charge in [0.2, 0.25) is 11.7 Å². The van der Waals surface area contributed by atoms with Gasteiger partial charge < -0.3 is 15.2 Å². The minimum Gasteiger partial charge on any atom is -0.350 e. The molecule has 7 heteroatoms. The number of hydrogen-bond acceptors (Lipinski definition) is 4. The largest absolute Gasteiger partial charge is 0.350 e. The first-order valence-corrected chi connectivity index (χ1v) is 9.18. The molecular weight excluding hydrogens is 410 g/mol. The van der Waals surface area contributed by atoms with Gasteiger partial charge in [0.25, 0.3) is 5.91 Å². The molecular formula is C20H18BrN3O3. The fourth-order valence-corrected chi connectivity index (χ4v) is 2.81. The summed E-state index contributed by atoms with van der Waals surface area (Å²) in [6, 6.07) is 16.7. The van der Waals surface area contributed by atoms with Crippen LogP contribution in [-0.2, 0) is 4.79 Å². The van der Waals surface area contributed by atoms with E-state index in [-0.39, 0.29) is 24.6 Å². The van der Waals surface area contributed by atoms with E-state index in [4.69, 9.17) is 4.52 Å². The second-order valence-corrected chi connectivity index (χ2v) is 6.87. The molecule has 2 aromatic carbocycles. The maximum Gasteiger partial charge on any atom is 0.289 e. The zero-order chi connectivity index (χ0) is 19.2. The van der Waals surface area contributed by atoms with E-state index >= 15 is 0 Å². The summed E-state index contributed by atoms with van der Waals surface area (Å²) in [5.74, 6) is -0.479. The van der Waals surface area contributed by atoms with E-state index < -0.39 is 5.91 Å². The predicted octanol–water partition coefficient (Wildman–Crippen LogP) is 4.17. The van der Waals surface area contributed by atoms with Crippen LogP contribution in [0.1, 0.15) is 22.5 Å². The van der Waals surface area contributed by atoms with Crippen molar-refractivity contribution in [3.05, 3.63) is 70.4 Å². The summed E-state index contributed by atoms with van der Waals surface area (Å²) >= 11 is 3.38. The lowest BCUT2D eigenvalue weighted by atomic mass is 10.1.